The van der Waals surface area contributed by atoms with Gasteiger partial charge in [0.05, 0.1) is 0 Å². The molecule has 0 N–H and O–H groups in total. The van der Waals surface area contributed by atoms with Crippen molar-refractivity contribution in [1.82, 2.24) is 0 Å². The molecule has 0 aliphatic rings. The average Bonchev–Trinajstić information content (AvgIpc) is 1.77. The van der Waals surface area contributed by atoms with E-state index in [-0.39, 0.29) is 5.82 Å². The molecule has 0 saturated heterocycles. The van der Waals surface area contributed by atoms with Crippen LogP contribution in [0.3, 0.4) is 0 Å². The molecule has 1 rings (SSSR count). The van der Waals surface area contributed by atoms with Gasteiger partial charge < -0.3 is 0 Å². The van der Waals surface area contributed by atoms with E-state index >= 15 is 0 Å². The van der Waals surface area contributed by atoms with Gasteiger partial charge in [0, 0.05) is 0 Å². The van der Waals surface area contributed by atoms with Gasteiger partial charge in [-0.05, 0) is 0 Å². The van der Waals surface area contributed by atoms with Gasteiger partial charge in [-0.3, -0.25) is 0 Å². The average molecular weight is 215 g/mol. The zero-order valence-electron chi connectivity index (χ0n) is 4.26. The summed E-state index contributed by atoms with van der Waals surface area (Å²) in [6, 6.07) is 6.58. The van der Waals surface area contributed by atoms with E-state index in [0.717, 1.165) is 22.5 Å². The van der Waals surface area contributed by atoms with Gasteiger partial charge in [0.1, 0.15) is 0 Å². The van der Waals surface area contributed by atoms with E-state index in [2.05, 4.69) is 0 Å². The third-order valence-electron chi connectivity index (χ3n) is 0.870. The summed E-state index contributed by atoms with van der Waals surface area (Å²) >= 11 is 1.06. The molecule has 0 amide bonds. The summed E-state index contributed by atoms with van der Waals surface area (Å²) in [6.45, 7) is 0. The van der Waals surface area contributed by atoms with Crippen LogP contribution in [0.5, 0.6) is 0 Å². The standard InChI is InChI=1S/C6H4F.Sn.H/c7-6-4-2-1-3-5-6;;/h2-5H;;. The fourth-order valence-electron chi connectivity index (χ4n) is 0.463. The topological polar surface area (TPSA) is 0 Å². The first-order valence-electron chi connectivity index (χ1n) is 2.30. The Hall–Kier alpha value is -0.0513. The van der Waals surface area contributed by atoms with E-state index in [1.165, 1.54) is 15.7 Å². The molecule has 0 bridgehead atoms. The van der Waals surface area contributed by atoms with Crippen LogP contribution < -0.4 is 3.58 Å². The van der Waals surface area contributed by atoms with E-state index in [1.807, 2.05) is 0 Å². The van der Waals surface area contributed by atoms with E-state index in [9.17, 15) is 4.39 Å². The molecule has 0 aromatic heterocycles. The predicted octanol–water partition coefficient (Wildman–Crippen LogP) is 0.352. The van der Waals surface area contributed by atoms with Crippen molar-refractivity contribution in [2.75, 3.05) is 0 Å². The molecule has 0 unspecified atom stereocenters. The second-order valence-corrected chi connectivity index (χ2v) is 3.45. The van der Waals surface area contributed by atoms with Crippen molar-refractivity contribution in [3.8, 4) is 0 Å². The van der Waals surface area contributed by atoms with E-state index in [1.54, 1.807) is 12.1 Å². The van der Waals surface area contributed by atoms with E-state index in [0.29, 0.717) is 0 Å². The molecule has 1 aromatic rings. The minimum absolute atomic E-state index is 0.150. The van der Waals surface area contributed by atoms with Gasteiger partial charge in [0.2, 0.25) is 0 Å². The fraction of sp³-hybridized carbons (Fsp3) is 0. The molecule has 0 aliphatic carbocycles. The van der Waals surface area contributed by atoms with Crippen LogP contribution in [0.4, 0.5) is 4.39 Å². The van der Waals surface area contributed by atoms with Crippen molar-refractivity contribution in [3.05, 3.63) is 30.1 Å². The van der Waals surface area contributed by atoms with E-state index < -0.39 is 0 Å². The van der Waals surface area contributed by atoms with Gasteiger partial charge in [0.15, 0.2) is 0 Å². The van der Waals surface area contributed by atoms with Crippen molar-refractivity contribution < 1.29 is 4.39 Å². The Labute approximate surface area is 60.8 Å². The number of hydrogen-bond acceptors (Lipinski definition) is 0. The van der Waals surface area contributed by atoms with Gasteiger partial charge in [-0.15, -0.1) is 0 Å². The minimum atomic E-state index is -0.150. The molecule has 0 atom stereocenters. The third-order valence-corrected chi connectivity index (χ3v) is 1.97. The van der Waals surface area contributed by atoms with Gasteiger partial charge in [-0.2, -0.15) is 0 Å². The first kappa shape index (κ1) is 6.07. The zero-order chi connectivity index (χ0) is 5.98. The van der Waals surface area contributed by atoms with Crippen LogP contribution in [0.1, 0.15) is 0 Å². The molecule has 2 heteroatoms. The summed E-state index contributed by atoms with van der Waals surface area (Å²) in [4.78, 5) is 0. The molecular weight excluding hydrogens is 210 g/mol. The normalized spacial score (nSPS) is 9.25. The predicted molar refractivity (Wildman–Crippen MR) is 33.2 cm³/mol. The summed E-state index contributed by atoms with van der Waals surface area (Å²) < 4.78 is 13.3. The summed E-state index contributed by atoms with van der Waals surface area (Å²) in [7, 11) is 0. The van der Waals surface area contributed by atoms with E-state index in [4.69, 9.17) is 0 Å². The molecular formula is C6H5FSn. The third kappa shape index (κ3) is 1.47. The molecule has 0 saturated carbocycles. The van der Waals surface area contributed by atoms with Crippen molar-refractivity contribution in [3.63, 3.8) is 0 Å². The quantitative estimate of drug-likeness (QED) is 0.547. The Morgan fingerprint density at radius 3 is 2.00 bits per heavy atom. The first-order valence-corrected chi connectivity index (χ1v) is 3.95. The second-order valence-electron chi connectivity index (χ2n) is 1.55. The van der Waals surface area contributed by atoms with Gasteiger partial charge in [-0.25, -0.2) is 0 Å². The number of halogens is 1. The molecule has 0 nitrogen and oxygen atoms in total. The summed E-state index contributed by atoms with van der Waals surface area (Å²) in [5.74, 6) is -0.150. The Morgan fingerprint density at radius 1 is 1.12 bits per heavy atom. The summed E-state index contributed by atoms with van der Waals surface area (Å²) in [5.41, 5.74) is 0. The van der Waals surface area contributed by atoms with Crippen LogP contribution in [0.25, 0.3) is 0 Å². The van der Waals surface area contributed by atoms with Crippen LogP contribution in [0, 0.1) is 5.82 Å². The number of hydrogen-bond donors (Lipinski definition) is 0. The Kier molecular flexibility index (Phi) is 1.89. The number of rotatable bonds is 0. The van der Waals surface area contributed by atoms with Crippen LogP contribution in [-0.2, 0) is 0 Å². The van der Waals surface area contributed by atoms with Crippen molar-refractivity contribution in [1.29, 1.82) is 0 Å². The Bertz CT molecular complexity index is 147. The molecule has 40 valence electrons. The Balaban J connectivity index is 3.03. The zero-order valence-corrected chi connectivity index (χ0v) is 7.56. The Morgan fingerprint density at radius 2 is 1.62 bits per heavy atom. The fourth-order valence-corrected chi connectivity index (χ4v) is 1.01. The molecule has 0 fully saturated rings. The monoisotopic (exact) mass is 216 g/mol. The number of benzene rings is 1. The van der Waals surface area contributed by atoms with Crippen LogP contribution in [0.15, 0.2) is 24.3 Å². The maximum atomic E-state index is 12.1. The van der Waals surface area contributed by atoms with Crippen molar-refractivity contribution in [2.45, 2.75) is 0 Å². The van der Waals surface area contributed by atoms with Crippen molar-refractivity contribution >= 4 is 26.1 Å². The summed E-state index contributed by atoms with van der Waals surface area (Å²) in [6.07, 6.45) is 0. The molecule has 1 aromatic carbocycles. The van der Waals surface area contributed by atoms with Crippen LogP contribution in [-0.4, -0.2) is 22.5 Å². The molecule has 2 radical (unpaired) electrons. The van der Waals surface area contributed by atoms with Crippen molar-refractivity contribution in [2.24, 2.45) is 0 Å². The van der Waals surface area contributed by atoms with Gasteiger partial charge >= 0.3 is 60.6 Å². The first-order chi connectivity index (χ1) is 3.79. The van der Waals surface area contributed by atoms with Crippen LogP contribution in [0.2, 0.25) is 0 Å². The SMILES string of the molecule is Fc1cc[c]([SnH])cc1. The summed E-state index contributed by atoms with van der Waals surface area (Å²) in [5, 5.41) is 0. The second kappa shape index (κ2) is 2.48. The van der Waals surface area contributed by atoms with Gasteiger partial charge in [0.25, 0.3) is 0 Å². The molecule has 0 spiro atoms. The van der Waals surface area contributed by atoms with Crippen LogP contribution >= 0.6 is 0 Å². The molecule has 8 heavy (non-hydrogen) atoms. The maximum absolute atomic E-state index is 12.1. The van der Waals surface area contributed by atoms with Gasteiger partial charge in [-0.1, -0.05) is 0 Å². The molecule has 0 heterocycles. The molecule has 0 aliphatic heterocycles.